The van der Waals surface area contributed by atoms with Gasteiger partial charge in [0, 0.05) is 132 Å². The number of halogens is 8. The van der Waals surface area contributed by atoms with Gasteiger partial charge < -0.3 is 61.3 Å². The Bertz CT molecular complexity index is 6240. The predicted molar refractivity (Wildman–Crippen MR) is 525 cm³/mol. The lowest BCUT2D eigenvalue weighted by Crippen LogP contribution is -2.49. The summed E-state index contributed by atoms with van der Waals surface area (Å²) in [5.41, 5.74) is 7.38. The van der Waals surface area contributed by atoms with Crippen LogP contribution in [-0.4, -0.2) is 154 Å². The van der Waals surface area contributed by atoms with Gasteiger partial charge in [-0.1, -0.05) is 147 Å². The van der Waals surface area contributed by atoms with Gasteiger partial charge in [-0.3, -0.25) is 43.3 Å². The van der Waals surface area contributed by atoms with Crippen molar-refractivity contribution in [2.75, 3.05) is 68.7 Å². The Morgan fingerprint density at radius 3 is 0.912 bits per heavy atom. The molecule has 1 aliphatic heterocycles. The SMILES string of the molecule is CC(C)(C)OC(=O)N1CCN(Cc2ccc(C(=O)Nc3ccc(Cl)cc3C(=O)Nc3ccc(Cl)cn3)cc2)CC1.O=C(Nc1ccc(Cl)cc1C(=O)Nc1ccc(Cl)cn1)c1ccc(Cn2ccnc2)cc1.O=C(Nc1ccc(Cl)cc1C(=O)Nc1ccc(Cl)cn1)c1ccc(Cn2ccnn2)cc1.O=C(Nc1ccc(Cl)cc1C(=O)Nc1ccc(Cl)cn1)c1ccc(Cn2cnnc2)cc1. The van der Waals surface area contributed by atoms with E-state index in [-0.39, 0.29) is 52.0 Å². The van der Waals surface area contributed by atoms with Crippen LogP contribution >= 0.6 is 92.8 Å². The Hall–Kier alpha value is -14.8. The number of carbonyl (C=O) groups is 9. The summed E-state index contributed by atoms with van der Waals surface area (Å²) in [6.45, 7) is 10.7. The molecule has 16 rings (SSSR count). The normalized spacial score (nSPS) is 11.6. The van der Waals surface area contributed by atoms with E-state index in [1.165, 1.54) is 49.1 Å². The number of hydrogen-bond donors (Lipinski definition) is 8. The van der Waals surface area contributed by atoms with Gasteiger partial charge in [0.15, 0.2) is 0 Å². The largest absolute Gasteiger partial charge is 0.444 e. The number of pyridine rings is 4. The van der Waals surface area contributed by atoms with Crippen LogP contribution in [0.4, 0.5) is 50.8 Å². The molecule has 0 atom stereocenters. The molecule has 136 heavy (non-hydrogen) atoms. The lowest BCUT2D eigenvalue weighted by atomic mass is 10.1. The Balaban J connectivity index is 0.000000154. The van der Waals surface area contributed by atoms with Crippen molar-refractivity contribution in [1.82, 2.24) is 69.0 Å². The van der Waals surface area contributed by atoms with Crippen molar-refractivity contribution < 1.29 is 47.9 Å². The molecule has 0 saturated carbocycles. The number of carbonyl (C=O) groups excluding carboxylic acids is 9. The summed E-state index contributed by atoms with van der Waals surface area (Å²) in [6.07, 6.45) is 17.3. The molecule has 40 heteroatoms. The van der Waals surface area contributed by atoms with Gasteiger partial charge in [0.05, 0.1) is 84.2 Å². The highest BCUT2D eigenvalue weighted by Crippen LogP contribution is 2.30. The van der Waals surface area contributed by atoms with Gasteiger partial charge >= 0.3 is 6.09 Å². The van der Waals surface area contributed by atoms with Crippen molar-refractivity contribution >= 4 is 192 Å². The number of nitrogens with zero attached hydrogens (tertiary/aromatic N) is 14. The van der Waals surface area contributed by atoms with Crippen LogP contribution in [0, 0.1) is 0 Å². The van der Waals surface area contributed by atoms with Crippen molar-refractivity contribution in [3.63, 3.8) is 0 Å². The van der Waals surface area contributed by atoms with E-state index in [1.54, 1.807) is 193 Å². The highest BCUT2D eigenvalue weighted by atomic mass is 35.5. The van der Waals surface area contributed by atoms with Gasteiger partial charge in [-0.2, -0.15) is 0 Å². The first-order valence-corrected chi connectivity index (χ1v) is 44.3. The van der Waals surface area contributed by atoms with Gasteiger partial charge in [0.25, 0.3) is 47.3 Å². The van der Waals surface area contributed by atoms with E-state index in [9.17, 15) is 43.2 Å². The fraction of sp³-hybridized carbons (Fsp3) is 0.125. The molecule has 15 aromatic rings. The van der Waals surface area contributed by atoms with Crippen LogP contribution in [0.5, 0.6) is 0 Å². The minimum atomic E-state index is -0.515. The second-order valence-electron chi connectivity index (χ2n) is 30.8. The zero-order chi connectivity index (χ0) is 96.4. The number of piperazine rings is 1. The van der Waals surface area contributed by atoms with Crippen molar-refractivity contribution in [2.45, 2.75) is 52.6 Å². The molecule has 0 spiro atoms. The van der Waals surface area contributed by atoms with Gasteiger partial charge in [-0.15, -0.1) is 15.3 Å². The second-order valence-corrected chi connectivity index (χ2v) is 34.3. The quantitative estimate of drug-likeness (QED) is 0.0278. The van der Waals surface area contributed by atoms with Gasteiger partial charge in [-0.25, -0.2) is 34.4 Å². The Labute approximate surface area is 818 Å². The van der Waals surface area contributed by atoms with E-state index < -0.39 is 29.2 Å². The third-order valence-corrected chi connectivity index (χ3v) is 21.5. The minimum absolute atomic E-state index is 0.194. The molecule has 1 aliphatic rings. The van der Waals surface area contributed by atoms with E-state index in [0.717, 1.165) is 35.3 Å². The Kier molecular flexibility index (Phi) is 34.2. The van der Waals surface area contributed by atoms with E-state index in [2.05, 4.69) is 92.9 Å². The highest BCUT2D eigenvalue weighted by molar-refractivity contribution is 6.34. The van der Waals surface area contributed by atoms with E-state index in [0.29, 0.717) is 148 Å². The highest BCUT2D eigenvalue weighted by Gasteiger charge is 2.28. The lowest BCUT2D eigenvalue weighted by molar-refractivity contribution is 0.0138. The average molecular weight is 1990 g/mol. The molecule has 8 aromatic carbocycles. The number of hydrogen-bond acceptors (Lipinski definition) is 20. The van der Waals surface area contributed by atoms with Crippen molar-refractivity contribution in [1.29, 1.82) is 0 Å². The third-order valence-electron chi connectivity index (χ3n) is 19.6. The van der Waals surface area contributed by atoms with E-state index in [4.69, 9.17) is 97.5 Å². The molecule has 0 radical (unpaired) electrons. The number of aromatic nitrogens is 12. The summed E-state index contributed by atoms with van der Waals surface area (Å²) >= 11 is 47.7. The van der Waals surface area contributed by atoms with Crippen molar-refractivity contribution in [3.05, 3.63) is 394 Å². The lowest BCUT2D eigenvalue weighted by Gasteiger charge is -2.35. The summed E-state index contributed by atoms with van der Waals surface area (Å²) in [6, 6.07) is 60.0. The van der Waals surface area contributed by atoms with Gasteiger partial charge in [0.1, 0.15) is 41.5 Å². The predicted octanol–water partition coefficient (Wildman–Crippen LogP) is 20.1. The number of benzene rings is 8. The molecule has 0 bridgehead atoms. The van der Waals surface area contributed by atoms with Crippen molar-refractivity contribution in [3.8, 4) is 0 Å². The first-order chi connectivity index (χ1) is 65.4. The maximum Gasteiger partial charge on any atom is 0.410 e. The maximum absolute atomic E-state index is 13.0. The minimum Gasteiger partial charge on any atom is -0.444 e. The number of imidazole rings is 1. The van der Waals surface area contributed by atoms with Crippen LogP contribution in [0.3, 0.4) is 0 Å². The average Bonchev–Trinajstić information content (AvgIpc) is 0.974. The van der Waals surface area contributed by atoms with Crippen LogP contribution in [0.1, 0.15) is 126 Å². The Morgan fingerprint density at radius 1 is 0.316 bits per heavy atom. The number of nitrogens with one attached hydrogen (secondary N) is 8. The molecule has 9 amide bonds. The zero-order valence-corrected chi connectivity index (χ0v) is 78.2. The first kappa shape index (κ1) is 98.7. The summed E-state index contributed by atoms with van der Waals surface area (Å²) in [5, 5.41) is 40.2. The van der Waals surface area contributed by atoms with Crippen LogP contribution < -0.4 is 42.5 Å². The molecular formula is C96H80Cl8N22O10. The number of rotatable bonds is 24. The molecule has 1 saturated heterocycles. The van der Waals surface area contributed by atoms with Crippen LogP contribution in [0.2, 0.25) is 40.2 Å². The molecule has 0 aliphatic carbocycles. The maximum atomic E-state index is 13.0. The molecular weight excluding hydrogens is 1900 g/mol. The van der Waals surface area contributed by atoms with E-state index >= 15 is 0 Å². The molecule has 0 unspecified atom stereocenters. The number of anilines is 8. The molecule has 8 N–H and O–H groups in total. The molecule has 8 heterocycles. The fourth-order valence-corrected chi connectivity index (χ4v) is 14.0. The third kappa shape index (κ3) is 29.6. The first-order valence-electron chi connectivity index (χ1n) is 41.2. The number of ether oxygens (including phenoxy) is 1. The van der Waals surface area contributed by atoms with E-state index in [1.807, 2.05) is 84.6 Å². The standard InChI is InChI=1S/C29H31Cl2N5O4.C23H17Cl2N5O2.2C22H16Cl2N6O2/c1-29(2,3)40-28(39)36-14-12-35(13-15-36)18-19-4-6-20(7-5-19)26(37)33-24-10-8-21(30)16-23(24)27(38)34-25-11-9-22(31)17-32-25;24-17-5-7-20(19(11-17)23(32)29-21-8-6-18(25)12-27-21)28-22(31)16-3-1-15(2-4-16)13-30-10-9-26-14-30;23-16-5-7-19(18(9-16)22(32)29-20-8-6-17(24)10-25-20)28-21(31)15-3-1-14(2-4-15)11-30-12-26-27-13-30;23-16-5-7-19(18(11-16)22(32)28-20-8-6-17(24)12-25-20)27-21(31)15-3-1-14(2-4-15)13-30-10-9-26-29-30/h4-11,16-17H,12-15,18H2,1-3H3,(H,33,37)(H,32,34,38);1-12,14H,13H2,(H,28,31)(H,27,29,32);1-10,12-13H,11H2,(H,28,31)(H,25,29,32);1-12H,13H2,(H,27,31)(H,25,28,32). The molecule has 690 valence electrons. The fourth-order valence-electron chi connectivity index (χ4n) is 12.9. The summed E-state index contributed by atoms with van der Waals surface area (Å²) < 4.78 is 10.9. The summed E-state index contributed by atoms with van der Waals surface area (Å²) in [5.74, 6) is -2.04. The smallest absolute Gasteiger partial charge is 0.410 e. The van der Waals surface area contributed by atoms with Crippen LogP contribution in [0.25, 0.3) is 0 Å². The Morgan fingerprint density at radius 2 is 0.625 bits per heavy atom. The summed E-state index contributed by atoms with van der Waals surface area (Å²) in [4.78, 5) is 139. The van der Waals surface area contributed by atoms with Crippen LogP contribution in [0.15, 0.2) is 287 Å². The molecule has 32 nitrogen and oxygen atoms in total. The second kappa shape index (κ2) is 47.2. The molecule has 1 fully saturated rings. The molecule has 7 aromatic heterocycles. The topological polar surface area (TPSA) is 396 Å². The van der Waals surface area contributed by atoms with Gasteiger partial charge in [-0.05, 0) is 213 Å². The van der Waals surface area contributed by atoms with Gasteiger partial charge in [0.2, 0.25) is 0 Å². The monoisotopic (exact) mass is 1980 g/mol. The zero-order valence-electron chi connectivity index (χ0n) is 72.2. The van der Waals surface area contributed by atoms with Crippen LogP contribution in [-0.2, 0) is 30.9 Å². The summed E-state index contributed by atoms with van der Waals surface area (Å²) in [7, 11) is 0. The van der Waals surface area contributed by atoms with Crippen molar-refractivity contribution in [2.24, 2.45) is 0 Å². The number of amides is 9.